The summed E-state index contributed by atoms with van der Waals surface area (Å²) in [5.74, 6) is 1.83. The van der Waals surface area contributed by atoms with Gasteiger partial charge in [0.25, 0.3) is 0 Å². The third-order valence-corrected chi connectivity index (χ3v) is 6.31. The minimum absolute atomic E-state index is 0.219. The summed E-state index contributed by atoms with van der Waals surface area (Å²) in [4.78, 5) is 42.6. The Morgan fingerprint density at radius 3 is 1.95 bits per heavy atom. The number of alkyl carbamates (subject to hydrolysis) is 1. The molecule has 2 atom stereocenters. The summed E-state index contributed by atoms with van der Waals surface area (Å²) in [5, 5.41) is 5.76. The Kier molecular flexibility index (Phi) is 10.7. The van der Waals surface area contributed by atoms with Gasteiger partial charge in [-0.15, -0.1) is 6.42 Å². The maximum absolute atomic E-state index is 14.4. The molecule has 0 aliphatic carbocycles. The molecule has 0 saturated carbocycles. The zero-order chi connectivity index (χ0) is 30.0. The minimum atomic E-state index is -0.982. The lowest BCUT2D eigenvalue weighted by atomic mass is 9.98. The van der Waals surface area contributed by atoms with E-state index in [9.17, 15) is 14.4 Å². The van der Waals surface area contributed by atoms with Gasteiger partial charge in [0, 0.05) is 24.6 Å². The molecule has 0 spiro atoms. The van der Waals surface area contributed by atoms with Gasteiger partial charge in [0.2, 0.25) is 11.8 Å². The van der Waals surface area contributed by atoms with Crippen LogP contribution in [0.2, 0.25) is 0 Å². The molecule has 3 aromatic rings. The van der Waals surface area contributed by atoms with Gasteiger partial charge < -0.3 is 20.3 Å². The molecule has 0 heterocycles. The molecule has 0 saturated heterocycles. The second-order valence-electron chi connectivity index (χ2n) is 11.1. The molecule has 3 rings (SSSR count). The molecule has 2 unspecified atom stereocenters. The van der Waals surface area contributed by atoms with Gasteiger partial charge in [-0.2, -0.15) is 0 Å². The van der Waals surface area contributed by atoms with Crippen molar-refractivity contribution in [1.82, 2.24) is 15.5 Å². The number of hydrogen-bond acceptors (Lipinski definition) is 4. The predicted molar refractivity (Wildman–Crippen MR) is 161 cm³/mol. The lowest BCUT2D eigenvalue weighted by Gasteiger charge is -2.37. The van der Waals surface area contributed by atoms with Crippen LogP contribution in [-0.4, -0.2) is 40.5 Å². The van der Waals surface area contributed by atoms with Gasteiger partial charge in [-0.3, -0.25) is 9.59 Å². The van der Waals surface area contributed by atoms with E-state index in [-0.39, 0.29) is 18.4 Å². The van der Waals surface area contributed by atoms with Crippen molar-refractivity contribution in [2.45, 2.75) is 71.3 Å². The van der Waals surface area contributed by atoms with Gasteiger partial charge in [0.1, 0.15) is 17.7 Å². The van der Waals surface area contributed by atoms with Gasteiger partial charge in [-0.1, -0.05) is 78.7 Å². The summed E-state index contributed by atoms with van der Waals surface area (Å²) in [5.41, 5.74) is 2.30. The van der Waals surface area contributed by atoms with E-state index in [0.29, 0.717) is 17.7 Å². The molecule has 0 aliphatic heterocycles. The van der Waals surface area contributed by atoms with Gasteiger partial charge >= 0.3 is 6.09 Å². The standard InChI is InChI=1S/C34H39N3O4/c1-7-25-18-20-28(21-19-25)30(31(38)35-23-27-16-12-9-13-17-27)37(24(2)3)32(39)29(22-26-14-10-8-11-15-26)36-33(40)41-34(4,5)6/h1,8-21,24,29-30H,22-23H2,2-6H3,(H,35,38)(H,36,40). The fraction of sp³-hybridized carbons (Fsp3) is 0.324. The lowest BCUT2D eigenvalue weighted by Crippen LogP contribution is -2.55. The molecule has 3 aromatic carbocycles. The predicted octanol–water partition coefficient (Wildman–Crippen LogP) is 5.40. The van der Waals surface area contributed by atoms with Crippen LogP contribution in [0.3, 0.4) is 0 Å². The smallest absolute Gasteiger partial charge is 0.408 e. The average Bonchev–Trinajstić information content (AvgIpc) is 2.94. The Bertz CT molecular complexity index is 1340. The number of amides is 3. The first-order valence-corrected chi connectivity index (χ1v) is 13.7. The van der Waals surface area contributed by atoms with Crippen LogP contribution >= 0.6 is 0 Å². The Balaban J connectivity index is 2.00. The number of nitrogens with zero attached hydrogens (tertiary/aromatic N) is 1. The number of terminal acetylenes is 1. The molecule has 7 heteroatoms. The van der Waals surface area contributed by atoms with E-state index >= 15 is 0 Å². The van der Waals surface area contributed by atoms with Gasteiger partial charge in [-0.05, 0) is 63.4 Å². The summed E-state index contributed by atoms with van der Waals surface area (Å²) in [6.07, 6.45) is 5.07. The second-order valence-corrected chi connectivity index (χ2v) is 11.1. The summed E-state index contributed by atoms with van der Waals surface area (Å²) in [6, 6.07) is 23.6. The summed E-state index contributed by atoms with van der Waals surface area (Å²) < 4.78 is 5.48. The van der Waals surface area contributed by atoms with Crippen LogP contribution in [0.25, 0.3) is 0 Å². The van der Waals surface area contributed by atoms with Crippen LogP contribution in [0.5, 0.6) is 0 Å². The van der Waals surface area contributed by atoms with Crippen molar-refractivity contribution in [3.63, 3.8) is 0 Å². The van der Waals surface area contributed by atoms with E-state index in [1.165, 1.54) is 4.90 Å². The van der Waals surface area contributed by atoms with Crippen LogP contribution < -0.4 is 10.6 Å². The Morgan fingerprint density at radius 1 is 0.878 bits per heavy atom. The van der Waals surface area contributed by atoms with E-state index in [1.54, 1.807) is 45.0 Å². The number of carbonyl (C=O) groups excluding carboxylic acids is 3. The van der Waals surface area contributed by atoms with E-state index in [0.717, 1.165) is 11.1 Å². The average molecular weight is 554 g/mol. The second kappa shape index (κ2) is 14.2. The SMILES string of the molecule is C#Cc1ccc(C(C(=O)NCc2ccccc2)N(C(=O)C(Cc2ccccc2)NC(=O)OC(C)(C)C)C(C)C)cc1. The zero-order valence-corrected chi connectivity index (χ0v) is 24.4. The molecule has 0 bridgehead atoms. The summed E-state index contributed by atoms with van der Waals surface area (Å²) >= 11 is 0. The maximum atomic E-state index is 14.4. The Labute approximate surface area is 243 Å². The molecular formula is C34H39N3O4. The first kappa shape index (κ1) is 31.0. The number of carbonyl (C=O) groups is 3. The van der Waals surface area contributed by atoms with E-state index in [4.69, 9.17) is 11.2 Å². The Hall–Kier alpha value is -4.57. The van der Waals surface area contributed by atoms with Crippen LogP contribution in [0.1, 0.15) is 62.9 Å². The lowest BCUT2D eigenvalue weighted by molar-refractivity contribution is -0.144. The van der Waals surface area contributed by atoms with Crippen LogP contribution in [0.15, 0.2) is 84.9 Å². The fourth-order valence-electron chi connectivity index (χ4n) is 4.44. The molecule has 3 amide bonds. The van der Waals surface area contributed by atoms with E-state index < -0.39 is 29.7 Å². The number of hydrogen-bond donors (Lipinski definition) is 2. The van der Waals surface area contributed by atoms with E-state index in [1.807, 2.05) is 74.5 Å². The normalized spacial score (nSPS) is 12.5. The molecular weight excluding hydrogens is 514 g/mol. The number of nitrogens with one attached hydrogen (secondary N) is 2. The third kappa shape index (κ3) is 9.25. The monoisotopic (exact) mass is 553 g/mol. The molecule has 0 fully saturated rings. The molecule has 0 aromatic heterocycles. The molecule has 0 aliphatic rings. The highest BCUT2D eigenvalue weighted by Crippen LogP contribution is 2.26. The van der Waals surface area contributed by atoms with Crippen molar-refractivity contribution in [3.8, 4) is 12.3 Å². The van der Waals surface area contributed by atoms with Crippen molar-refractivity contribution >= 4 is 17.9 Å². The van der Waals surface area contributed by atoms with Crippen molar-refractivity contribution in [2.75, 3.05) is 0 Å². The molecule has 41 heavy (non-hydrogen) atoms. The van der Waals surface area contributed by atoms with Gasteiger partial charge in [0.15, 0.2) is 0 Å². The summed E-state index contributed by atoms with van der Waals surface area (Å²) in [6.45, 7) is 9.26. The molecule has 0 radical (unpaired) electrons. The van der Waals surface area contributed by atoms with Crippen LogP contribution in [0, 0.1) is 12.3 Å². The Morgan fingerprint density at radius 2 is 1.44 bits per heavy atom. The topological polar surface area (TPSA) is 87.7 Å². The largest absolute Gasteiger partial charge is 0.444 e. The first-order valence-electron chi connectivity index (χ1n) is 13.7. The number of benzene rings is 3. The highest BCUT2D eigenvalue weighted by atomic mass is 16.6. The van der Waals surface area contributed by atoms with Crippen molar-refractivity contribution in [3.05, 3.63) is 107 Å². The molecule has 214 valence electrons. The third-order valence-electron chi connectivity index (χ3n) is 6.31. The minimum Gasteiger partial charge on any atom is -0.444 e. The van der Waals surface area contributed by atoms with Gasteiger partial charge in [0.05, 0.1) is 0 Å². The van der Waals surface area contributed by atoms with Gasteiger partial charge in [-0.25, -0.2) is 4.79 Å². The van der Waals surface area contributed by atoms with E-state index in [2.05, 4.69) is 16.6 Å². The van der Waals surface area contributed by atoms with Crippen LogP contribution in [0.4, 0.5) is 4.79 Å². The molecule has 7 nitrogen and oxygen atoms in total. The summed E-state index contributed by atoms with van der Waals surface area (Å²) in [7, 11) is 0. The highest BCUT2D eigenvalue weighted by Gasteiger charge is 2.37. The zero-order valence-electron chi connectivity index (χ0n) is 24.4. The van der Waals surface area contributed by atoms with Crippen molar-refractivity contribution < 1.29 is 19.1 Å². The van der Waals surface area contributed by atoms with Crippen molar-refractivity contribution in [2.24, 2.45) is 0 Å². The maximum Gasteiger partial charge on any atom is 0.408 e. The first-order chi connectivity index (χ1) is 19.5. The van der Waals surface area contributed by atoms with Crippen molar-refractivity contribution in [1.29, 1.82) is 0 Å². The quantitative estimate of drug-likeness (QED) is 0.329. The number of ether oxygens (including phenoxy) is 1. The highest BCUT2D eigenvalue weighted by molar-refractivity contribution is 5.92. The fourth-order valence-corrected chi connectivity index (χ4v) is 4.44. The number of rotatable bonds is 10. The molecule has 2 N–H and O–H groups in total. The van der Waals surface area contributed by atoms with Crippen LogP contribution in [-0.2, 0) is 27.3 Å².